The number of nitrogens with one attached hydrogen (secondary N) is 1. The number of nitrogens with zero attached hydrogens (tertiary/aromatic N) is 2. The lowest BCUT2D eigenvalue weighted by Gasteiger charge is -2.03. The molecule has 1 N–H and O–H groups in total. The first-order valence-electron chi connectivity index (χ1n) is 7.73. The van der Waals surface area contributed by atoms with Gasteiger partial charge in [-0.15, -0.1) is 0 Å². The predicted molar refractivity (Wildman–Crippen MR) is 94.0 cm³/mol. The van der Waals surface area contributed by atoms with Gasteiger partial charge in [-0.05, 0) is 24.1 Å². The summed E-state index contributed by atoms with van der Waals surface area (Å²) < 4.78 is 7.57. The predicted octanol–water partition coefficient (Wildman–Crippen LogP) is 3.28. The normalized spacial score (nSPS) is 10.7. The van der Waals surface area contributed by atoms with Gasteiger partial charge in [0.05, 0.1) is 5.75 Å². The minimum atomic E-state index is -0.181. The first-order valence-corrected chi connectivity index (χ1v) is 8.72. The molecule has 0 radical (unpaired) electrons. The Morgan fingerprint density at radius 3 is 2.83 bits per heavy atom. The highest BCUT2D eigenvalue weighted by molar-refractivity contribution is 7.98. The number of rotatable bonds is 7. The van der Waals surface area contributed by atoms with Crippen LogP contribution in [0, 0.1) is 0 Å². The van der Waals surface area contributed by atoms with E-state index < -0.39 is 0 Å². The third-order valence-corrected chi connectivity index (χ3v) is 4.63. The van der Waals surface area contributed by atoms with E-state index in [1.165, 1.54) is 5.56 Å². The number of thioether (sulfide) groups is 1. The molecule has 2 heterocycles. The number of furan rings is 1. The summed E-state index contributed by atoms with van der Waals surface area (Å²) in [5.74, 6) is 1.57. The van der Waals surface area contributed by atoms with Crippen LogP contribution in [0.25, 0.3) is 0 Å². The molecule has 0 atom stereocenters. The Morgan fingerprint density at radius 2 is 2.08 bits per heavy atom. The Bertz CT molecular complexity index is 795. The lowest BCUT2D eigenvalue weighted by atomic mass is 10.1. The van der Waals surface area contributed by atoms with E-state index in [-0.39, 0.29) is 5.91 Å². The Morgan fingerprint density at radius 1 is 1.25 bits per heavy atom. The van der Waals surface area contributed by atoms with Crippen LogP contribution in [-0.4, -0.2) is 22.0 Å². The highest BCUT2D eigenvalue weighted by atomic mass is 32.2. The van der Waals surface area contributed by atoms with Gasteiger partial charge in [-0.2, -0.15) is 0 Å². The fraction of sp³-hybridized carbons (Fsp3) is 0.222. The second-order valence-electron chi connectivity index (χ2n) is 5.37. The molecule has 0 aliphatic carbocycles. The molecule has 124 valence electrons. The van der Waals surface area contributed by atoms with Gasteiger partial charge in [0.25, 0.3) is 5.91 Å². The second kappa shape index (κ2) is 7.88. The highest BCUT2D eigenvalue weighted by Crippen LogP contribution is 2.21. The van der Waals surface area contributed by atoms with Gasteiger partial charge in [-0.25, -0.2) is 4.98 Å². The van der Waals surface area contributed by atoms with E-state index in [1.54, 1.807) is 24.0 Å². The SMILES string of the molecule is Cn1ccnc1SCc1ccc(C(=O)NCCc2ccccc2)o1. The molecule has 3 aromatic rings. The molecular weight excluding hydrogens is 322 g/mol. The zero-order valence-corrected chi connectivity index (χ0v) is 14.3. The van der Waals surface area contributed by atoms with Crippen molar-refractivity contribution in [3.63, 3.8) is 0 Å². The van der Waals surface area contributed by atoms with Gasteiger partial charge in [-0.3, -0.25) is 4.79 Å². The monoisotopic (exact) mass is 341 g/mol. The van der Waals surface area contributed by atoms with Crippen molar-refractivity contribution < 1.29 is 9.21 Å². The van der Waals surface area contributed by atoms with Crippen molar-refractivity contribution >= 4 is 17.7 Å². The molecule has 0 aliphatic heterocycles. The summed E-state index contributed by atoms with van der Waals surface area (Å²) in [7, 11) is 1.95. The molecule has 2 aromatic heterocycles. The summed E-state index contributed by atoms with van der Waals surface area (Å²) in [5, 5.41) is 3.80. The van der Waals surface area contributed by atoms with E-state index in [2.05, 4.69) is 10.3 Å². The molecule has 3 rings (SSSR count). The molecule has 0 bridgehead atoms. The molecule has 1 aromatic carbocycles. The number of carbonyl (C=O) groups excluding carboxylic acids is 1. The fourth-order valence-electron chi connectivity index (χ4n) is 2.26. The van der Waals surface area contributed by atoms with Crippen molar-refractivity contribution in [3.8, 4) is 0 Å². The number of aromatic nitrogens is 2. The van der Waals surface area contributed by atoms with Gasteiger partial charge in [0.2, 0.25) is 0 Å². The van der Waals surface area contributed by atoms with Crippen LogP contribution in [0.1, 0.15) is 21.9 Å². The molecule has 0 saturated heterocycles. The number of hydrogen-bond donors (Lipinski definition) is 1. The molecule has 6 heteroatoms. The maximum Gasteiger partial charge on any atom is 0.287 e. The quantitative estimate of drug-likeness (QED) is 0.670. The van der Waals surface area contributed by atoms with E-state index in [1.807, 2.05) is 54.2 Å². The number of carbonyl (C=O) groups is 1. The molecule has 0 spiro atoms. The number of amides is 1. The number of imidazole rings is 1. The van der Waals surface area contributed by atoms with E-state index in [9.17, 15) is 4.79 Å². The minimum absolute atomic E-state index is 0.181. The van der Waals surface area contributed by atoms with Gasteiger partial charge >= 0.3 is 0 Å². The standard InChI is InChI=1S/C18H19N3O2S/c1-21-12-11-20-18(21)24-13-15-7-8-16(23-15)17(22)19-10-9-14-5-3-2-4-6-14/h2-8,11-12H,9-10,13H2,1H3,(H,19,22). The fourth-order valence-corrected chi connectivity index (χ4v) is 3.08. The summed E-state index contributed by atoms with van der Waals surface area (Å²) in [6, 6.07) is 13.6. The van der Waals surface area contributed by atoms with Crippen LogP contribution in [0.4, 0.5) is 0 Å². The summed E-state index contributed by atoms with van der Waals surface area (Å²) in [6.45, 7) is 0.584. The number of aryl methyl sites for hydroxylation is 1. The lowest BCUT2D eigenvalue weighted by molar-refractivity contribution is 0.0925. The first kappa shape index (κ1) is 16.4. The maximum absolute atomic E-state index is 12.1. The van der Waals surface area contributed by atoms with Gasteiger partial charge < -0.3 is 14.3 Å². The van der Waals surface area contributed by atoms with E-state index >= 15 is 0 Å². The Labute approximate surface area is 145 Å². The molecule has 0 fully saturated rings. The zero-order chi connectivity index (χ0) is 16.8. The van der Waals surface area contributed by atoms with E-state index in [4.69, 9.17) is 4.42 Å². The van der Waals surface area contributed by atoms with E-state index in [0.29, 0.717) is 18.1 Å². The molecular formula is C18H19N3O2S. The molecule has 24 heavy (non-hydrogen) atoms. The average molecular weight is 341 g/mol. The van der Waals surface area contributed by atoms with Crippen LogP contribution in [0.15, 0.2) is 64.4 Å². The van der Waals surface area contributed by atoms with Gasteiger partial charge in [-0.1, -0.05) is 42.1 Å². The zero-order valence-electron chi connectivity index (χ0n) is 13.4. The highest BCUT2D eigenvalue weighted by Gasteiger charge is 2.11. The van der Waals surface area contributed by atoms with Crippen molar-refractivity contribution in [2.45, 2.75) is 17.3 Å². The van der Waals surface area contributed by atoms with Crippen LogP contribution >= 0.6 is 11.8 Å². The minimum Gasteiger partial charge on any atom is -0.455 e. The Kier molecular flexibility index (Phi) is 5.38. The smallest absolute Gasteiger partial charge is 0.287 e. The second-order valence-corrected chi connectivity index (χ2v) is 6.31. The Hall–Kier alpha value is -2.47. The average Bonchev–Trinajstić information content (AvgIpc) is 3.23. The van der Waals surface area contributed by atoms with Crippen molar-refractivity contribution in [1.29, 1.82) is 0 Å². The first-order chi connectivity index (χ1) is 11.7. The van der Waals surface area contributed by atoms with Crippen molar-refractivity contribution in [2.24, 2.45) is 7.05 Å². The van der Waals surface area contributed by atoms with Gasteiger partial charge in [0.15, 0.2) is 10.9 Å². The molecule has 0 aliphatic rings. The topological polar surface area (TPSA) is 60.1 Å². The number of hydrogen-bond acceptors (Lipinski definition) is 4. The summed E-state index contributed by atoms with van der Waals surface area (Å²) in [6.07, 6.45) is 4.46. The van der Waals surface area contributed by atoms with Gasteiger partial charge in [0, 0.05) is 26.0 Å². The van der Waals surface area contributed by atoms with Crippen molar-refractivity contribution in [1.82, 2.24) is 14.9 Å². The van der Waals surface area contributed by atoms with Crippen molar-refractivity contribution in [3.05, 3.63) is 71.9 Å². The van der Waals surface area contributed by atoms with Crippen LogP contribution in [-0.2, 0) is 19.2 Å². The third-order valence-electron chi connectivity index (χ3n) is 3.55. The summed E-state index contributed by atoms with van der Waals surface area (Å²) >= 11 is 1.57. The van der Waals surface area contributed by atoms with E-state index in [0.717, 1.165) is 17.3 Å². The molecule has 0 saturated carbocycles. The summed E-state index contributed by atoms with van der Waals surface area (Å²) in [4.78, 5) is 16.4. The van der Waals surface area contributed by atoms with Crippen LogP contribution in [0.2, 0.25) is 0 Å². The Balaban J connectivity index is 1.47. The molecule has 1 amide bonds. The summed E-state index contributed by atoms with van der Waals surface area (Å²) in [5.41, 5.74) is 1.20. The third kappa shape index (κ3) is 4.29. The molecule has 5 nitrogen and oxygen atoms in total. The van der Waals surface area contributed by atoms with Crippen LogP contribution in [0.5, 0.6) is 0 Å². The van der Waals surface area contributed by atoms with Crippen LogP contribution < -0.4 is 5.32 Å². The lowest BCUT2D eigenvalue weighted by Crippen LogP contribution is -2.25. The van der Waals surface area contributed by atoms with Gasteiger partial charge in [0.1, 0.15) is 5.76 Å². The van der Waals surface area contributed by atoms with Crippen LogP contribution in [0.3, 0.4) is 0 Å². The molecule has 0 unspecified atom stereocenters. The van der Waals surface area contributed by atoms with Crippen molar-refractivity contribution in [2.75, 3.05) is 6.54 Å². The number of benzene rings is 1. The maximum atomic E-state index is 12.1. The largest absolute Gasteiger partial charge is 0.455 e.